The van der Waals surface area contributed by atoms with Crippen LogP contribution >= 0.6 is 23.1 Å². The number of aromatic nitrogens is 3. The van der Waals surface area contributed by atoms with Gasteiger partial charge in [0.2, 0.25) is 0 Å². The number of thioether (sulfide) groups is 1. The maximum absolute atomic E-state index is 4.41. The van der Waals surface area contributed by atoms with Crippen molar-refractivity contribution in [3.05, 3.63) is 53.1 Å². The molecule has 0 unspecified atom stereocenters. The largest absolute Gasteiger partial charge is 0.333 e. The highest BCUT2D eigenvalue weighted by Gasteiger charge is 2.03. The molecule has 0 saturated carbocycles. The maximum atomic E-state index is 4.41. The number of thiazole rings is 1. The van der Waals surface area contributed by atoms with E-state index in [9.17, 15) is 0 Å². The van der Waals surface area contributed by atoms with E-state index >= 15 is 0 Å². The fraction of sp³-hybridized carbons (Fsp3) is 0.143. The number of H-pyrrole nitrogens is 1. The molecule has 96 valence electrons. The minimum Gasteiger partial charge on any atom is -0.333 e. The van der Waals surface area contributed by atoms with Gasteiger partial charge in [0.05, 0.1) is 17.4 Å². The van der Waals surface area contributed by atoms with Crippen molar-refractivity contribution in [2.24, 2.45) is 0 Å². The normalized spacial score (nSPS) is 10.7. The highest BCUT2D eigenvalue weighted by Crippen LogP contribution is 2.22. The van der Waals surface area contributed by atoms with Crippen LogP contribution in [0.1, 0.15) is 4.88 Å². The molecule has 0 spiro atoms. The van der Waals surface area contributed by atoms with Crippen molar-refractivity contribution in [1.29, 1.82) is 0 Å². The first kappa shape index (κ1) is 12.4. The molecule has 1 N–H and O–H groups in total. The number of nitrogens with one attached hydrogen (secondary N) is 1. The van der Waals surface area contributed by atoms with E-state index < -0.39 is 0 Å². The van der Waals surface area contributed by atoms with E-state index in [2.05, 4.69) is 27.1 Å². The third-order valence-corrected chi connectivity index (χ3v) is 4.44. The summed E-state index contributed by atoms with van der Waals surface area (Å²) in [5.41, 5.74) is 4.12. The number of nitrogens with zero attached hydrogens (tertiary/aromatic N) is 2. The van der Waals surface area contributed by atoms with Crippen molar-refractivity contribution in [3.8, 4) is 11.3 Å². The molecular weight excluding hydrogens is 274 g/mol. The van der Waals surface area contributed by atoms with Crippen LogP contribution in [-0.4, -0.2) is 20.7 Å². The minimum atomic E-state index is 0.975. The van der Waals surface area contributed by atoms with Gasteiger partial charge in [0.15, 0.2) is 5.16 Å². The lowest BCUT2D eigenvalue weighted by molar-refractivity contribution is 1.05. The molecule has 0 radical (unpaired) electrons. The summed E-state index contributed by atoms with van der Waals surface area (Å²) in [6, 6.07) is 10.3. The van der Waals surface area contributed by atoms with E-state index in [1.807, 2.05) is 36.1 Å². The number of aromatic amines is 1. The molecule has 0 atom stereocenters. The summed E-state index contributed by atoms with van der Waals surface area (Å²) in [6.07, 6.45) is 4.86. The fourth-order valence-electron chi connectivity index (χ4n) is 1.75. The van der Waals surface area contributed by atoms with E-state index in [-0.39, 0.29) is 0 Å². The summed E-state index contributed by atoms with van der Waals surface area (Å²) in [5, 5.41) is 0.975. The van der Waals surface area contributed by atoms with Crippen LogP contribution in [-0.2, 0) is 6.42 Å². The Hall–Kier alpha value is -1.59. The van der Waals surface area contributed by atoms with Crippen molar-refractivity contribution < 1.29 is 0 Å². The minimum absolute atomic E-state index is 0.975. The van der Waals surface area contributed by atoms with Gasteiger partial charge in [-0.2, -0.15) is 0 Å². The Morgan fingerprint density at radius 3 is 2.84 bits per heavy atom. The van der Waals surface area contributed by atoms with Gasteiger partial charge in [0.25, 0.3) is 0 Å². The number of benzene rings is 1. The van der Waals surface area contributed by atoms with Crippen LogP contribution in [0.4, 0.5) is 0 Å². The van der Waals surface area contributed by atoms with Crippen LogP contribution in [0.2, 0.25) is 0 Å². The number of imidazole rings is 1. The van der Waals surface area contributed by atoms with Gasteiger partial charge in [-0.25, -0.2) is 4.98 Å². The third kappa shape index (κ3) is 3.24. The number of aryl methyl sites for hydroxylation is 1. The second-order valence-corrected chi connectivity index (χ2v) is 6.09. The molecule has 2 aromatic heterocycles. The van der Waals surface area contributed by atoms with Crippen LogP contribution in [0.3, 0.4) is 0 Å². The smallest absolute Gasteiger partial charge is 0.165 e. The summed E-state index contributed by atoms with van der Waals surface area (Å²) >= 11 is 3.45. The molecular formula is C14H13N3S2. The van der Waals surface area contributed by atoms with Crippen LogP contribution in [0, 0.1) is 0 Å². The summed E-state index contributed by atoms with van der Waals surface area (Å²) < 4.78 is 0. The van der Waals surface area contributed by atoms with Gasteiger partial charge in [0.1, 0.15) is 0 Å². The number of hydrogen-bond donors (Lipinski definition) is 1. The Morgan fingerprint density at radius 1 is 1.16 bits per heavy atom. The van der Waals surface area contributed by atoms with Crippen LogP contribution in [0.15, 0.2) is 53.4 Å². The predicted octanol–water partition coefficient (Wildman–Crippen LogP) is 3.87. The molecule has 3 rings (SSSR count). The SMILES string of the molecule is c1ccc(-c2cnc(SCCc3cncs3)[nH]2)cc1. The van der Waals surface area contributed by atoms with Crippen molar-refractivity contribution in [3.63, 3.8) is 0 Å². The molecule has 0 amide bonds. The number of hydrogen-bond acceptors (Lipinski definition) is 4. The van der Waals surface area contributed by atoms with Crippen molar-refractivity contribution in [2.45, 2.75) is 11.6 Å². The molecule has 0 aliphatic rings. The Bertz CT molecular complexity index is 617. The second-order valence-electron chi connectivity index (χ2n) is 4.03. The Kier molecular flexibility index (Phi) is 3.95. The molecule has 0 bridgehead atoms. The van der Waals surface area contributed by atoms with E-state index in [0.29, 0.717) is 0 Å². The quantitative estimate of drug-likeness (QED) is 0.724. The topological polar surface area (TPSA) is 41.6 Å². The standard InChI is InChI=1S/C14H13N3S2/c1-2-4-11(5-3-1)13-9-16-14(17-13)18-7-6-12-8-15-10-19-12/h1-5,8-10H,6-7H2,(H,16,17). The molecule has 3 aromatic rings. The first-order valence-corrected chi connectivity index (χ1v) is 7.89. The highest BCUT2D eigenvalue weighted by atomic mass is 32.2. The van der Waals surface area contributed by atoms with E-state index in [1.54, 1.807) is 23.1 Å². The molecule has 2 heterocycles. The van der Waals surface area contributed by atoms with Gasteiger partial charge in [-0.3, -0.25) is 4.98 Å². The van der Waals surface area contributed by atoms with Crippen molar-refractivity contribution in [1.82, 2.24) is 15.0 Å². The average Bonchev–Trinajstić information content (AvgIpc) is 3.11. The molecule has 3 nitrogen and oxygen atoms in total. The first-order chi connectivity index (χ1) is 9.42. The van der Waals surface area contributed by atoms with Gasteiger partial charge < -0.3 is 4.98 Å². The van der Waals surface area contributed by atoms with Crippen molar-refractivity contribution >= 4 is 23.1 Å². The molecule has 0 fully saturated rings. The Labute approximate surface area is 120 Å². The van der Waals surface area contributed by atoms with Gasteiger partial charge >= 0.3 is 0 Å². The summed E-state index contributed by atoms with van der Waals surface area (Å²) in [6.45, 7) is 0. The highest BCUT2D eigenvalue weighted by molar-refractivity contribution is 7.99. The molecule has 0 saturated heterocycles. The second kappa shape index (κ2) is 6.04. The number of rotatable bonds is 5. The zero-order chi connectivity index (χ0) is 12.9. The average molecular weight is 287 g/mol. The third-order valence-electron chi connectivity index (χ3n) is 2.71. The van der Waals surface area contributed by atoms with E-state index in [4.69, 9.17) is 0 Å². The van der Waals surface area contributed by atoms with Crippen molar-refractivity contribution in [2.75, 3.05) is 5.75 Å². The van der Waals surface area contributed by atoms with Gasteiger partial charge in [-0.1, -0.05) is 42.1 Å². The Balaban J connectivity index is 1.59. The zero-order valence-corrected chi connectivity index (χ0v) is 11.9. The summed E-state index contributed by atoms with van der Waals surface area (Å²) in [5.74, 6) is 1.02. The monoisotopic (exact) mass is 287 g/mol. The van der Waals surface area contributed by atoms with Crippen LogP contribution < -0.4 is 0 Å². The molecule has 5 heteroatoms. The van der Waals surface area contributed by atoms with Crippen LogP contribution in [0.25, 0.3) is 11.3 Å². The lowest BCUT2D eigenvalue weighted by Crippen LogP contribution is -1.85. The molecule has 19 heavy (non-hydrogen) atoms. The molecule has 1 aromatic carbocycles. The molecule has 0 aliphatic carbocycles. The van der Waals surface area contributed by atoms with Gasteiger partial charge in [-0.05, 0) is 12.0 Å². The first-order valence-electron chi connectivity index (χ1n) is 6.02. The molecule has 0 aliphatic heterocycles. The predicted molar refractivity (Wildman–Crippen MR) is 80.6 cm³/mol. The van der Waals surface area contributed by atoms with E-state index in [0.717, 1.165) is 23.0 Å². The lowest BCUT2D eigenvalue weighted by atomic mass is 10.2. The maximum Gasteiger partial charge on any atom is 0.165 e. The van der Waals surface area contributed by atoms with Gasteiger partial charge in [-0.15, -0.1) is 11.3 Å². The summed E-state index contributed by atoms with van der Waals surface area (Å²) in [4.78, 5) is 13.2. The summed E-state index contributed by atoms with van der Waals surface area (Å²) in [7, 11) is 0. The van der Waals surface area contributed by atoms with Crippen LogP contribution in [0.5, 0.6) is 0 Å². The van der Waals surface area contributed by atoms with E-state index in [1.165, 1.54) is 10.4 Å². The van der Waals surface area contributed by atoms with Gasteiger partial charge in [0, 0.05) is 16.8 Å². The fourth-order valence-corrected chi connectivity index (χ4v) is 3.31. The zero-order valence-electron chi connectivity index (χ0n) is 10.2. The Morgan fingerprint density at radius 2 is 2.05 bits per heavy atom. The lowest BCUT2D eigenvalue weighted by Gasteiger charge is -1.97.